The Bertz CT molecular complexity index is 748. The van der Waals surface area contributed by atoms with E-state index in [-0.39, 0.29) is 15.5 Å². The van der Waals surface area contributed by atoms with E-state index in [0.29, 0.717) is 17.9 Å². The van der Waals surface area contributed by atoms with E-state index in [1.165, 1.54) is 12.1 Å². The Morgan fingerprint density at radius 2 is 2.11 bits per heavy atom. The van der Waals surface area contributed by atoms with Crippen LogP contribution in [0.1, 0.15) is 5.69 Å². The Morgan fingerprint density at radius 1 is 1.37 bits per heavy atom. The third kappa shape index (κ3) is 3.13. The first-order valence-corrected chi connectivity index (χ1v) is 7.62. The first-order valence-electron chi connectivity index (χ1n) is 5.20. The van der Waals surface area contributed by atoms with Crippen molar-refractivity contribution >= 4 is 32.7 Å². The smallest absolute Gasteiger partial charge is 0.304 e. The Hall–Kier alpha value is -1.84. The fourth-order valence-electron chi connectivity index (χ4n) is 1.54. The van der Waals surface area contributed by atoms with Gasteiger partial charge in [-0.25, -0.2) is 13.6 Å². The molecule has 0 atom stereocenters. The molecule has 0 aliphatic rings. The lowest BCUT2D eigenvalue weighted by Gasteiger charge is -2.11. The fourth-order valence-corrected chi connectivity index (χ4v) is 2.80. The zero-order valence-electron chi connectivity index (χ0n) is 9.71. The number of hydrogen-bond donors (Lipinski definition) is 4. The number of aromatic amines is 1. The van der Waals surface area contributed by atoms with Crippen molar-refractivity contribution in [3.63, 3.8) is 0 Å². The second-order valence-corrected chi connectivity index (χ2v) is 6.16. The van der Waals surface area contributed by atoms with Crippen molar-refractivity contribution < 1.29 is 8.42 Å². The van der Waals surface area contributed by atoms with Crippen LogP contribution in [0.3, 0.4) is 0 Å². The number of rotatable bonds is 4. The quantitative estimate of drug-likeness (QED) is 0.602. The zero-order chi connectivity index (χ0) is 14.0. The SMILES string of the molecule is Nc1c(NCc2csc(=O)[nH]2)cccc1S(N)(=O)=O. The average Bonchev–Trinajstić information content (AvgIpc) is 2.72. The van der Waals surface area contributed by atoms with Gasteiger partial charge in [-0.2, -0.15) is 0 Å². The van der Waals surface area contributed by atoms with Gasteiger partial charge in [0.25, 0.3) is 0 Å². The monoisotopic (exact) mass is 300 g/mol. The number of nitrogens with one attached hydrogen (secondary N) is 2. The third-order valence-corrected chi connectivity index (χ3v) is 4.10. The first kappa shape index (κ1) is 13.6. The number of nitrogens with two attached hydrogens (primary N) is 2. The van der Waals surface area contributed by atoms with Gasteiger partial charge in [0.15, 0.2) is 0 Å². The van der Waals surface area contributed by atoms with Crippen LogP contribution in [0.15, 0.2) is 33.3 Å². The summed E-state index contributed by atoms with van der Waals surface area (Å²) in [5.74, 6) is 0. The molecule has 1 aromatic heterocycles. The highest BCUT2D eigenvalue weighted by atomic mass is 32.2. The minimum absolute atomic E-state index is 0.0579. The number of aromatic nitrogens is 1. The van der Waals surface area contributed by atoms with Crippen molar-refractivity contribution in [3.05, 3.63) is 38.9 Å². The normalized spacial score (nSPS) is 11.4. The summed E-state index contributed by atoms with van der Waals surface area (Å²) in [5.41, 5.74) is 6.94. The van der Waals surface area contributed by atoms with Crippen molar-refractivity contribution in [1.82, 2.24) is 4.98 Å². The van der Waals surface area contributed by atoms with Crippen molar-refractivity contribution in [2.75, 3.05) is 11.1 Å². The molecule has 2 aromatic rings. The molecule has 6 N–H and O–H groups in total. The lowest BCUT2D eigenvalue weighted by Crippen LogP contribution is -2.15. The van der Waals surface area contributed by atoms with Gasteiger partial charge in [-0.15, -0.1) is 0 Å². The molecule has 0 aliphatic heterocycles. The van der Waals surface area contributed by atoms with Crippen molar-refractivity contribution in [2.24, 2.45) is 5.14 Å². The van der Waals surface area contributed by atoms with Gasteiger partial charge in [0.1, 0.15) is 4.90 Å². The molecule has 0 saturated carbocycles. The predicted molar refractivity (Wildman–Crippen MR) is 74.5 cm³/mol. The Balaban J connectivity index is 2.24. The number of H-pyrrole nitrogens is 1. The van der Waals surface area contributed by atoms with Gasteiger partial charge >= 0.3 is 4.87 Å². The van der Waals surface area contributed by atoms with Crippen LogP contribution in [0.5, 0.6) is 0 Å². The second-order valence-electron chi connectivity index (χ2n) is 3.79. The van der Waals surface area contributed by atoms with Gasteiger partial charge in [0, 0.05) is 11.1 Å². The topological polar surface area (TPSA) is 131 Å². The summed E-state index contributed by atoms with van der Waals surface area (Å²) < 4.78 is 22.6. The Labute approximate surface area is 113 Å². The van der Waals surface area contributed by atoms with Crippen LogP contribution in [-0.4, -0.2) is 13.4 Å². The number of anilines is 2. The molecule has 7 nitrogen and oxygen atoms in total. The average molecular weight is 300 g/mol. The molecule has 2 rings (SSSR count). The molecular weight excluding hydrogens is 288 g/mol. The summed E-state index contributed by atoms with van der Waals surface area (Å²) in [7, 11) is -3.86. The summed E-state index contributed by atoms with van der Waals surface area (Å²) >= 11 is 1.05. The molecule has 1 heterocycles. The molecule has 0 spiro atoms. The number of thiazole rings is 1. The van der Waals surface area contributed by atoms with E-state index < -0.39 is 10.0 Å². The highest BCUT2D eigenvalue weighted by Crippen LogP contribution is 2.25. The van der Waals surface area contributed by atoms with Crippen molar-refractivity contribution in [1.29, 1.82) is 0 Å². The highest BCUT2D eigenvalue weighted by molar-refractivity contribution is 7.89. The number of nitrogen functional groups attached to an aromatic ring is 1. The van der Waals surface area contributed by atoms with Gasteiger partial charge in [-0.1, -0.05) is 17.4 Å². The lowest BCUT2D eigenvalue weighted by molar-refractivity contribution is 0.598. The number of sulfonamides is 1. The summed E-state index contributed by atoms with van der Waals surface area (Å²) in [6, 6.07) is 4.51. The molecule has 1 aromatic carbocycles. The molecule has 0 radical (unpaired) electrons. The molecule has 19 heavy (non-hydrogen) atoms. The molecule has 0 unspecified atom stereocenters. The third-order valence-electron chi connectivity index (χ3n) is 2.41. The van der Waals surface area contributed by atoms with Gasteiger partial charge < -0.3 is 16.0 Å². The highest BCUT2D eigenvalue weighted by Gasteiger charge is 2.14. The van der Waals surface area contributed by atoms with Crippen molar-refractivity contribution in [2.45, 2.75) is 11.4 Å². The number of hydrogen-bond acceptors (Lipinski definition) is 6. The van der Waals surface area contributed by atoms with Crippen LogP contribution < -0.4 is 21.1 Å². The van der Waals surface area contributed by atoms with Crippen LogP contribution in [0.2, 0.25) is 0 Å². The van der Waals surface area contributed by atoms with E-state index in [9.17, 15) is 13.2 Å². The van der Waals surface area contributed by atoms with Gasteiger partial charge in [-0.05, 0) is 12.1 Å². The van der Waals surface area contributed by atoms with Crippen LogP contribution >= 0.6 is 11.3 Å². The molecule has 0 aliphatic carbocycles. The second kappa shape index (κ2) is 5.03. The fraction of sp³-hybridized carbons (Fsp3) is 0.100. The van der Waals surface area contributed by atoms with E-state index in [2.05, 4.69) is 10.3 Å². The predicted octanol–water partition coefficient (Wildman–Crippen LogP) is 0.278. The number of para-hydroxylation sites is 1. The van der Waals surface area contributed by atoms with E-state index in [0.717, 1.165) is 11.3 Å². The van der Waals surface area contributed by atoms with Crippen LogP contribution in [0, 0.1) is 0 Å². The van der Waals surface area contributed by atoms with E-state index in [4.69, 9.17) is 10.9 Å². The summed E-state index contributed by atoms with van der Waals surface area (Å²) in [5, 5.41) is 9.68. The van der Waals surface area contributed by atoms with E-state index in [1.54, 1.807) is 11.4 Å². The molecule has 0 amide bonds. The standard InChI is InChI=1S/C10H12N4O3S2/c11-9-7(2-1-3-8(9)19(12,16)17)13-4-6-5-18-10(15)14-6/h1-3,5,13H,4,11H2,(H,14,15)(H2,12,16,17). The maximum Gasteiger partial charge on any atom is 0.304 e. The van der Waals surface area contributed by atoms with Gasteiger partial charge in [-0.3, -0.25) is 4.79 Å². The number of primary sulfonamides is 1. The Morgan fingerprint density at radius 3 is 2.68 bits per heavy atom. The molecular formula is C10H12N4O3S2. The molecule has 102 valence electrons. The Kier molecular flexibility index (Phi) is 3.60. The minimum Gasteiger partial charge on any atom is -0.396 e. The molecule has 0 fully saturated rings. The van der Waals surface area contributed by atoms with Crippen LogP contribution in [-0.2, 0) is 16.6 Å². The molecule has 0 bridgehead atoms. The lowest BCUT2D eigenvalue weighted by atomic mass is 10.2. The zero-order valence-corrected chi connectivity index (χ0v) is 11.3. The summed E-state index contributed by atoms with van der Waals surface area (Å²) in [6.07, 6.45) is 0. The van der Waals surface area contributed by atoms with E-state index >= 15 is 0 Å². The van der Waals surface area contributed by atoms with Crippen LogP contribution in [0.4, 0.5) is 11.4 Å². The minimum atomic E-state index is -3.86. The molecule has 9 heteroatoms. The first-order chi connectivity index (χ1) is 8.88. The molecule has 0 saturated heterocycles. The largest absolute Gasteiger partial charge is 0.396 e. The van der Waals surface area contributed by atoms with Gasteiger partial charge in [0.05, 0.1) is 17.9 Å². The van der Waals surface area contributed by atoms with Crippen LogP contribution in [0.25, 0.3) is 0 Å². The van der Waals surface area contributed by atoms with E-state index in [1.807, 2.05) is 0 Å². The summed E-state index contributed by atoms with van der Waals surface area (Å²) in [6.45, 7) is 0.330. The summed E-state index contributed by atoms with van der Waals surface area (Å²) in [4.78, 5) is 13.3. The maximum absolute atomic E-state index is 11.3. The maximum atomic E-state index is 11.3. The number of benzene rings is 1. The van der Waals surface area contributed by atoms with Crippen molar-refractivity contribution in [3.8, 4) is 0 Å². The van der Waals surface area contributed by atoms with Gasteiger partial charge in [0.2, 0.25) is 10.0 Å².